The second-order valence-corrected chi connectivity index (χ2v) is 4.02. The summed E-state index contributed by atoms with van der Waals surface area (Å²) in [7, 11) is 1.57. The minimum atomic E-state index is -0.532. The highest BCUT2D eigenvalue weighted by Crippen LogP contribution is 2.27. The standard InChI is InChI=1S/C12H18ClNO2/c1-3-6-14-8-11(15)9-4-5-12(16-2)10(13)7-9/h4-5,7,11,14-15H,3,6,8H2,1-2H3. The van der Waals surface area contributed by atoms with Crippen molar-refractivity contribution < 1.29 is 9.84 Å². The summed E-state index contributed by atoms with van der Waals surface area (Å²) in [5, 5.41) is 13.6. The van der Waals surface area contributed by atoms with Gasteiger partial charge in [-0.15, -0.1) is 0 Å². The van der Waals surface area contributed by atoms with E-state index in [9.17, 15) is 5.11 Å². The topological polar surface area (TPSA) is 41.5 Å². The Hall–Kier alpha value is -0.770. The second-order valence-electron chi connectivity index (χ2n) is 3.61. The van der Waals surface area contributed by atoms with Crippen LogP contribution in [0, 0.1) is 0 Å². The minimum absolute atomic E-state index is 0.523. The lowest BCUT2D eigenvalue weighted by atomic mass is 10.1. The number of rotatable bonds is 6. The quantitative estimate of drug-likeness (QED) is 0.754. The Morgan fingerprint density at radius 2 is 2.25 bits per heavy atom. The first kappa shape index (κ1) is 13.3. The van der Waals surface area contributed by atoms with Crippen LogP contribution in [0.4, 0.5) is 0 Å². The molecule has 1 rings (SSSR count). The number of benzene rings is 1. The maximum absolute atomic E-state index is 9.87. The highest BCUT2D eigenvalue weighted by molar-refractivity contribution is 6.32. The van der Waals surface area contributed by atoms with Crippen molar-refractivity contribution in [3.63, 3.8) is 0 Å². The first-order valence-corrected chi connectivity index (χ1v) is 5.79. The van der Waals surface area contributed by atoms with Crippen molar-refractivity contribution in [1.29, 1.82) is 0 Å². The van der Waals surface area contributed by atoms with Crippen LogP contribution in [0.3, 0.4) is 0 Å². The third-order valence-electron chi connectivity index (χ3n) is 2.33. The third-order valence-corrected chi connectivity index (χ3v) is 2.62. The number of hydrogen-bond acceptors (Lipinski definition) is 3. The number of methoxy groups -OCH3 is 1. The molecule has 0 aliphatic rings. The molecule has 0 spiro atoms. The Kier molecular flexibility index (Phi) is 5.60. The predicted molar refractivity (Wildman–Crippen MR) is 66.1 cm³/mol. The van der Waals surface area contributed by atoms with Gasteiger partial charge in [0.25, 0.3) is 0 Å². The smallest absolute Gasteiger partial charge is 0.137 e. The van der Waals surface area contributed by atoms with Crippen LogP contribution in [-0.4, -0.2) is 25.3 Å². The van der Waals surface area contributed by atoms with Crippen LogP contribution in [0.15, 0.2) is 18.2 Å². The van der Waals surface area contributed by atoms with Gasteiger partial charge >= 0.3 is 0 Å². The Balaban J connectivity index is 2.62. The maximum atomic E-state index is 9.87. The minimum Gasteiger partial charge on any atom is -0.495 e. The van der Waals surface area contributed by atoms with Gasteiger partial charge in [-0.05, 0) is 30.7 Å². The van der Waals surface area contributed by atoms with Gasteiger partial charge in [0.2, 0.25) is 0 Å². The Bertz CT molecular complexity index is 331. The van der Waals surface area contributed by atoms with Gasteiger partial charge in [-0.25, -0.2) is 0 Å². The fourth-order valence-corrected chi connectivity index (χ4v) is 1.69. The fraction of sp³-hybridized carbons (Fsp3) is 0.500. The Morgan fingerprint density at radius 3 is 2.81 bits per heavy atom. The lowest BCUT2D eigenvalue weighted by molar-refractivity contribution is 0.175. The zero-order valence-corrected chi connectivity index (χ0v) is 10.4. The summed E-state index contributed by atoms with van der Waals surface area (Å²) in [6.07, 6.45) is 0.519. The molecule has 1 atom stereocenters. The maximum Gasteiger partial charge on any atom is 0.137 e. The van der Waals surface area contributed by atoms with Crippen molar-refractivity contribution in [3.8, 4) is 5.75 Å². The lowest BCUT2D eigenvalue weighted by Gasteiger charge is -2.13. The zero-order valence-electron chi connectivity index (χ0n) is 9.66. The highest BCUT2D eigenvalue weighted by Gasteiger charge is 2.09. The number of hydrogen-bond donors (Lipinski definition) is 2. The van der Waals surface area contributed by atoms with E-state index in [0.717, 1.165) is 18.5 Å². The molecule has 0 aliphatic heterocycles. The number of nitrogens with one attached hydrogen (secondary N) is 1. The predicted octanol–water partition coefficient (Wildman–Crippen LogP) is 2.38. The van der Waals surface area contributed by atoms with Crippen LogP contribution in [-0.2, 0) is 0 Å². The van der Waals surface area contributed by atoms with Crippen molar-refractivity contribution in [3.05, 3.63) is 28.8 Å². The molecule has 3 nitrogen and oxygen atoms in total. The molecule has 4 heteroatoms. The SMILES string of the molecule is CCCNCC(O)c1ccc(OC)c(Cl)c1. The zero-order chi connectivity index (χ0) is 12.0. The van der Waals surface area contributed by atoms with E-state index in [0.29, 0.717) is 17.3 Å². The first-order chi connectivity index (χ1) is 7.69. The van der Waals surface area contributed by atoms with Gasteiger partial charge in [0, 0.05) is 6.54 Å². The lowest BCUT2D eigenvalue weighted by Crippen LogP contribution is -2.22. The Labute approximate surface area is 101 Å². The van der Waals surface area contributed by atoms with E-state index >= 15 is 0 Å². The largest absolute Gasteiger partial charge is 0.495 e. The van der Waals surface area contributed by atoms with Crippen molar-refractivity contribution in [2.24, 2.45) is 0 Å². The average molecular weight is 244 g/mol. The Morgan fingerprint density at radius 1 is 1.50 bits per heavy atom. The van der Waals surface area contributed by atoms with Crippen LogP contribution in [0.5, 0.6) is 5.75 Å². The van der Waals surface area contributed by atoms with Gasteiger partial charge in [-0.3, -0.25) is 0 Å². The normalized spacial score (nSPS) is 12.5. The summed E-state index contributed by atoms with van der Waals surface area (Å²) in [5.74, 6) is 0.624. The van der Waals surface area contributed by atoms with E-state index in [4.69, 9.17) is 16.3 Å². The summed E-state index contributed by atoms with van der Waals surface area (Å²) in [6.45, 7) is 3.53. The number of ether oxygens (including phenoxy) is 1. The number of aliphatic hydroxyl groups excluding tert-OH is 1. The van der Waals surface area contributed by atoms with Crippen LogP contribution in [0.1, 0.15) is 25.0 Å². The average Bonchev–Trinajstić information content (AvgIpc) is 2.29. The van der Waals surface area contributed by atoms with E-state index in [1.165, 1.54) is 0 Å². The van der Waals surface area contributed by atoms with Crippen LogP contribution >= 0.6 is 11.6 Å². The van der Waals surface area contributed by atoms with E-state index in [2.05, 4.69) is 12.2 Å². The van der Waals surface area contributed by atoms with Crippen LogP contribution < -0.4 is 10.1 Å². The summed E-state index contributed by atoms with van der Waals surface area (Å²) in [6, 6.07) is 5.32. The molecule has 0 amide bonds. The highest BCUT2D eigenvalue weighted by atomic mass is 35.5. The van der Waals surface area contributed by atoms with Crippen molar-refractivity contribution >= 4 is 11.6 Å². The van der Waals surface area contributed by atoms with Crippen LogP contribution in [0.2, 0.25) is 5.02 Å². The van der Waals surface area contributed by atoms with E-state index in [1.54, 1.807) is 19.2 Å². The summed E-state index contributed by atoms with van der Waals surface area (Å²) in [5.41, 5.74) is 0.800. The molecule has 0 radical (unpaired) electrons. The number of halogens is 1. The number of aliphatic hydroxyl groups is 1. The van der Waals surface area contributed by atoms with Crippen molar-refractivity contribution in [2.45, 2.75) is 19.4 Å². The molecule has 16 heavy (non-hydrogen) atoms. The van der Waals surface area contributed by atoms with E-state index < -0.39 is 6.10 Å². The molecule has 0 heterocycles. The van der Waals surface area contributed by atoms with Crippen LogP contribution in [0.25, 0.3) is 0 Å². The summed E-state index contributed by atoms with van der Waals surface area (Å²) >= 11 is 5.98. The van der Waals surface area contributed by atoms with Gasteiger partial charge in [0.1, 0.15) is 5.75 Å². The second kappa shape index (κ2) is 6.74. The molecule has 1 aromatic rings. The van der Waals surface area contributed by atoms with E-state index in [1.807, 2.05) is 6.07 Å². The van der Waals surface area contributed by atoms with Gasteiger partial charge in [0.05, 0.1) is 18.2 Å². The van der Waals surface area contributed by atoms with Crippen molar-refractivity contribution in [2.75, 3.05) is 20.2 Å². The molecule has 1 unspecified atom stereocenters. The molecule has 0 bridgehead atoms. The summed E-state index contributed by atoms with van der Waals surface area (Å²) in [4.78, 5) is 0. The molecule has 1 aromatic carbocycles. The molecule has 0 aromatic heterocycles. The van der Waals surface area contributed by atoms with Crippen molar-refractivity contribution in [1.82, 2.24) is 5.32 Å². The summed E-state index contributed by atoms with van der Waals surface area (Å²) < 4.78 is 5.05. The molecular weight excluding hydrogens is 226 g/mol. The molecule has 0 saturated heterocycles. The molecule has 2 N–H and O–H groups in total. The molecule has 0 fully saturated rings. The molecule has 0 saturated carbocycles. The van der Waals surface area contributed by atoms with Gasteiger partial charge in [-0.1, -0.05) is 24.6 Å². The fourth-order valence-electron chi connectivity index (χ4n) is 1.42. The van der Waals surface area contributed by atoms with Gasteiger partial charge < -0.3 is 15.2 Å². The molecule has 0 aliphatic carbocycles. The van der Waals surface area contributed by atoms with E-state index in [-0.39, 0.29) is 0 Å². The molecular formula is C12H18ClNO2. The van der Waals surface area contributed by atoms with Gasteiger partial charge in [0.15, 0.2) is 0 Å². The first-order valence-electron chi connectivity index (χ1n) is 5.41. The van der Waals surface area contributed by atoms with Gasteiger partial charge in [-0.2, -0.15) is 0 Å². The monoisotopic (exact) mass is 243 g/mol. The molecule has 90 valence electrons. The third kappa shape index (κ3) is 3.67.